The van der Waals surface area contributed by atoms with Crippen LogP contribution in [-0.4, -0.2) is 52.1 Å². The molecule has 1 aliphatic rings. The fourth-order valence-electron chi connectivity index (χ4n) is 3.74. The maximum absolute atomic E-state index is 12.9. The number of unbranched alkanes of at least 4 members (excludes halogenated alkanes) is 2. The maximum atomic E-state index is 12.9. The predicted molar refractivity (Wildman–Crippen MR) is 133 cm³/mol. The summed E-state index contributed by atoms with van der Waals surface area (Å²) in [5.41, 5.74) is 6.54. The van der Waals surface area contributed by atoms with Crippen molar-refractivity contribution in [3.8, 4) is 0 Å². The number of rotatable bonds is 10. The second-order valence-electron chi connectivity index (χ2n) is 9.62. The van der Waals surface area contributed by atoms with Crippen LogP contribution in [0.3, 0.4) is 0 Å². The number of esters is 1. The molecule has 2 aromatic rings. The molecule has 3 amide bonds. The first-order chi connectivity index (χ1) is 17.1. The van der Waals surface area contributed by atoms with E-state index in [1.807, 2.05) is 30.3 Å². The zero-order valence-corrected chi connectivity index (χ0v) is 20.9. The van der Waals surface area contributed by atoms with Gasteiger partial charge >= 0.3 is 12.1 Å². The summed E-state index contributed by atoms with van der Waals surface area (Å²) in [5.74, 6) is -1.60. The van der Waals surface area contributed by atoms with Gasteiger partial charge in [-0.15, -0.1) is 0 Å². The lowest BCUT2D eigenvalue weighted by Gasteiger charge is -2.32. The molecule has 0 fully saturated rings. The van der Waals surface area contributed by atoms with Gasteiger partial charge in [0.15, 0.2) is 0 Å². The highest BCUT2D eigenvalue weighted by atomic mass is 16.6. The summed E-state index contributed by atoms with van der Waals surface area (Å²) in [5, 5.41) is 1.91. The predicted octanol–water partition coefficient (Wildman–Crippen LogP) is 4.07. The quantitative estimate of drug-likeness (QED) is 0.300. The molecule has 1 aliphatic heterocycles. The molecule has 1 heterocycles. The molecule has 0 aliphatic carbocycles. The highest BCUT2D eigenvalue weighted by Gasteiger charge is 2.42. The van der Waals surface area contributed by atoms with E-state index in [2.05, 4.69) is 0 Å². The average Bonchev–Trinajstić information content (AvgIpc) is 3.09. The highest BCUT2D eigenvalue weighted by Crippen LogP contribution is 2.26. The molecule has 0 aromatic heterocycles. The van der Waals surface area contributed by atoms with E-state index in [1.165, 1.54) is 0 Å². The number of carbonyl (C=O) groups excluding carboxylic acids is 4. The monoisotopic (exact) mass is 495 g/mol. The first kappa shape index (κ1) is 26.9. The fraction of sp³-hybridized carbons (Fsp3) is 0.407. The number of fused-ring (bicyclic) bond motifs is 1. The molecule has 36 heavy (non-hydrogen) atoms. The number of imide groups is 1. The Morgan fingerprint density at radius 2 is 1.50 bits per heavy atom. The van der Waals surface area contributed by atoms with E-state index in [4.69, 9.17) is 15.2 Å². The van der Waals surface area contributed by atoms with E-state index >= 15 is 0 Å². The Bertz CT molecular complexity index is 1060. The Balaban J connectivity index is 1.53. The first-order valence-electron chi connectivity index (χ1n) is 12.0. The second-order valence-corrected chi connectivity index (χ2v) is 9.62. The van der Waals surface area contributed by atoms with Gasteiger partial charge < -0.3 is 15.2 Å². The molecule has 0 saturated carbocycles. The summed E-state index contributed by atoms with van der Waals surface area (Å²) in [4.78, 5) is 50.9. The largest absolute Gasteiger partial charge is 0.460 e. The smallest absolute Gasteiger partial charge is 0.429 e. The topological polar surface area (TPSA) is 119 Å². The molecule has 9 heteroatoms. The van der Waals surface area contributed by atoms with Crippen molar-refractivity contribution in [3.63, 3.8) is 0 Å². The normalized spacial score (nSPS) is 13.8. The number of amides is 3. The van der Waals surface area contributed by atoms with Gasteiger partial charge in [-0.3, -0.25) is 14.4 Å². The van der Waals surface area contributed by atoms with E-state index in [-0.39, 0.29) is 24.3 Å². The minimum Gasteiger partial charge on any atom is -0.460 e. The number of benzene rings is 2. The lowest BCUT2D eigenvalue weighted by molar-refractivity contribution is -0.146. The van der Waals surface area contributed by atoms with Crippen LogP contribution in [0.25, 0.3) is 0 Å². The number of nitrogens with two attached hydrogens (primary N) is 1. The zero-order valence-electron chi connectivity index (χ0n) is 20.9. The molecule has 0 radical (unpaired) electrons. The van der Waals surface area contributed by atoms with Crippen molar-refractivity contribution in [1.82, 2.24) is 10.0 Å². The van der Waals surface area contributed by atoms with Crippen LogP contribution in [0.2, 0.25) is 0 Å². The minimum absolute atomic E-state index is 0.0913. The van der Waals surface area contributed by atoms with Crippen molar-refractivity contribution >= 4 is 23.9 Å². The van der Waals surface area contributed by atoms with Crippen molar-refractivity contribution in [2.45, 2.75) is 64.7 Å². The van der Waals surface area contributed by atoms with Crippen molar-refractivity contribution in [2.75, 3.05) is 6.54 Å². The van der Waals surface area contributed by atoms with Crippen LogP contribution in [0, 0.1) is 0 Å². The standard InChI is InChI=1S/C27H33N3O6/c1-27(2,3)36-26(34)29(30-23(31)20-14-9-10-15-21(20)24(30)32)17-11-5-8-16-22(28)25(33)35-18-19-12-6-4-7-13-19/h4,6-7,9-10,12-15,22H,5,8,11,16-18,28H2,1-3H3. The van der Waals surface area contributed by atoms with Crippen molar-refractivity contribution in [3.05, 3.63) is 71.3 Å². The van der Waals surface area contributed by atoms with Crippen LogP contribution in [0.1, 0.15) is 72.7 Å². The lowest BCUT2D eigenvalue weighted by atomic mass is 10.1. The number of carbonyl (C=O) groups is 4. The molecule has 0 spiro atoms. The third-order valence-electron chi connectivity index (χ3n) is 5.53. The van der Waals surface area contributed by atoms with Crippen LogP contribution in [0.4, 0.5) is 4.79 Å². The van der Waals surface area contributed by atoms with E-state index in [0.717, 1.165) is 15.6 Å². The number of hydrazine groups is 1. The van der Waals surface area contributed by atoms with E-state index in [1.54, 1.807) is 45.0 Å². The Kier molecular flexibility index (Phi) is 8.82. The first-order valence-corrected chi connectivity index (χ1v) is 12.0. The molecular weight excluding hydrogens is 462 g/mol. The molecule has 1 atom stereocenters. The van der Waals surface area contributed by atoms with E-state index in [0.29, 0.717) is 25.7 Å². The molecule has 192 valence electrons. The number of ether oxygens (including phenoxy) is 2. The van der Waals surface area contributed by atoms with Crippen LogP contribution in [-0.2, 0) is 20.9 Å². The second kappa shape index (κ2) is 11.8. The molecule has 2 aromatic carbocycles. The summed E-state index contributed by atoms with van der Waals surface area (Å²) in [7, 11) is 0. The SMILES string of the molecule is CC(C)(C)OC(=O)N(CCCCCC(N)C(=O)OCc1ccccc1)N1C(=O)c2ccccc2C1=O. The summed E-state index contributed by atoms with van der Waals surface area (Å²) >= 11 is 0. The van der Waals surface area contributed by atoms with Crippen molar-refractivity contribution in [2.24, 2.45) is 5.73 Å². The number of hydrogen-bond donors (Lipinski definition) is 1. The molecule has 0 bridgehead atoms. The van der Waals surface area contributed by atoms with Gasteiger partial charge in [-0.05, 0) is 51.3 Å². The van der Waals surface area contributed by atoms with Crippen molar-refractivity contribution in [1.29, 1.82) is 0 Å². The van der Waals surface area contributed by atoms with Gasteiger partial charge in [-0.2, -0.15) is 5.01 Å². The summed E-state index contributed by atoms with van der Waals surface area (Å²) < 4.78 is 10.7. The molecule has 0 saturated heterocycles. The van der Waals surface area contributed by atoms with Gasteiger partial charge in [-0.25, -0.2) is 9.80 Å². The Morgan fingerprint density at radius 3 is 2.08 bits per heavy atom. The highest BCUT2D eigenvalue weighted by molar-refractivity contribution is 6.21. The van der Waals surface area contributed by atoms with Gasteiger partial charge in [0.1, 0.15) is 18.2 Å². The fourth-order valence-corrected chi connectivity index (χ4v) is 3.74. The Labute approximate surface area is 211 Å². The summed E-state index contributed by atoms with van der Waals surface area (Å²) in [6.07, 6.45) is 1.32. The van der Waals surface area contributed by atoms with Crippen LogP contribution >= 0.6 is 0 Å². The molecule has 9 nitrogen and oxygen atoms in total. The van der Waals surface area contributed by atoms with E-state index in [9.17, 15) is 19.2 Å². The van der Waals surface area contributed by atoms with Gasteiger partial charge in [0.25, 0.3) is 11.8 Å². The summed E-state index contributed by atoms with van der Waals surface area (Å²) in [6.45, 7) is 5.39. The summed E-state index contributed by atoms with van der Waals surface area (Å²) in [6, 6.07) is 15.0. The Morgan fingerprint density at radius 1 is 0.917 bits per heavy atom. The van der Waals surface area contributed by atoms with Crippen molar-refractivity contribution < 1.29 is 28.7 Å². The Hall–Kier alpha value is -3.72. The number of nitrogens with zero attached hydrogens (tertiary/aromatic N) is 2. The lowest BCUT2D eigenvalue weighted by Crippen LogP contribution is -2.51. The van der Waals surface area contributed by atoms with Crippen LogP contribution in [0.5, 0.6) is 0 Å². The molecule has 3 rings (SSSR count). The third kappa shape index (κ3) is 6.91. The third-order valence-corrected chi connectivity index (χ3v) is 5.53. The maximum Gasteiger partial charge on any atom is 0.429 e. The van der Waals surface area contributed by atoms with Gasteiger partial charge in [0, 0.05) is 6.54 Å². The zero-order chi connectivity index (χ0) is 26.3. The molecular formula is C27H33N3O6. The van der Waals surface area contributed by atoms with E-state index < -0.39 is 35.5 Å². The minimum atomic E-state index is -0.805. The molecule has 2 N–H and O–H groups in total. The van der Waals surface area contributed by atoms with Crippen LogP contribution < -0.4 is 5.73 Å². The number of hydrogen-bond acceptors (Lipinski definition) is 7. The molecule has 1 unspecified atom stereocenters. The van der Waals surface area contributed by atoms with Crippen LogP contribution in [0.15, 0.2) is 54.6 Å². The van der Waals surface area contributed by atoms with Gasteiger partial charge in [0.05, 0.1) is 11.1 Å². The average molecular weight is 496 g/mol. The van der Waals surface area contributed by atoms with Gasteiger partial charge in [0.2, 0.25) is 0 Å². The van der Waals surface area contributed by atoms with Gasteiger partial charge in [-0.1, -0.05) is 55.3 Å².